The van der Waals surface area contributed by atoms with Gasteiger partial charge in [-0.3, -0.25) is 0 Å². The molecule has 332 valence electrons. The number of hydrogen-bond acceptors (Lipinski definition) is 1. The van der Waals surface area contributed by atoms with Crippen LogP contribution in [0.2, 0.25) is 0 Å². The van der Waals surface area contributed by atoms with Gasteiger partial charge in [0, 0.05) is 22.2 Å². The number of anilines is 3. The summed E-state index contributed by atoms with van der Waals surface area (Å²) in [6.07, 6.45) is 0. The molecule has 1 spiro atoms. The fourth-order valence-electron chi connectivity index (χ4n) is 13.4. The number of fused-ring (bicyclic) bond motifs is 19. The van der Waals surface area contributed by atoms with Crippen molar-refractivity contribution in [2.75, 3.05) is 4.90 Å². The Morgan fingerprint density at radius 3 is 1.34 bits per heavy atom. The van der Waals surface area contributed by atoms with E-state index in [4.69, 9.17) is 0 Å². The van der Waals surface area contributed by atoms with Crippen molar-refractivity contribution in [3.63, 3.8) is 0 Å². The predicted molar refractivity (Wildman–Crippen MR) is 298 cm³/mol. The van der Waals surface area contributed by atoms with Crippen molar-refractivity contribution in [3.05, 3.63) is 282 Å². The molecule has 0 atom stereocenters. The molecule has 3 aliphatic rings. The molecule has 0 radical (unpaired) electrons. The molecule has 0 unspecified atom stereocenters. The molecule has 0 amide bonds. The highest BCUT2D eigenvalue weighted by molar-refractivity contribution is 6.26. The zero-order valence-corrected chi connectivity index (χ0v) is 39.6. The third-order valence-electron chi connectivity index (χ3n) is 16.5. The molecule has 0 fully saturated rings. The van der Waals surface area contributed by atoms with Crippen LogP contribution in [0.25, 0.3) is 88.0 Å². The Kier molecular flexibility index (Phi) is 8.40. The maximum absolute atomic E-state index is 2.60. The number of nitrogens with zero attached hydrogens (tertiary/aromatic N) is 1. The molecule has 0 aromatic heterocycles. The minimum Gasteiger partial charge on any atom is -0.309 e. The molecule has 12 aromatic rings. The average Bonchev–Trinajstić information content (AvgIpc) is 3.99. The van der Waals surface area contributed by atoms with Gasteiger partial charge < -0.3 is 4.90 Å². The van der Waals surface area contributed by atoms with E-state index < -0.39 is 5.41 Å². The first kappa shape index (κ1) is 40.1. The van der Waals surface area contributed by atoms with Crippen LogP contribution in [0, 0.1) is 0 Å². The molecule has 0 saturated heterocycles. The van der Waals surface area contributed by atoms with E-state index in [9.17, 15) is 0 Å². The first-order valence-electron chi connectivity index (χ1n) is 25.0. The third kappa shape index (κ3) is 5.46. The van der Waals surface area contributed by atoms with Gasteiger partial charge in [0.25, 0.3) is 0 Å². The van der Waals surface area contributed by atoms with Crippen LogP contribution < -0.4 is 4.90 Å². The van der Waals surface area contributed by atoms with Gasteiger partial charge in [-0.2, -0.15) is 0 Å². The minimum absolute atomic E-state index is 0.172. The molecule has 12 aromatic carbocycles. The largest absolute Gasteiger partial charge is 0.309 e. The summed E-state index contributed by atoms with van der Waals surface area (Å²) in [5, 5.41) is 7.55. The maximum Gasteiger partial charge on any atom is 0.0726 e. The van der Waals surface area contributed by atoms with Gasteiger partial charge in [0.05, 0.1) is 16.8 Å². The van der Waals surface area contributed by atoms with Gasteiger partial charge in [0.15, 0.2) is 0 Å². The molecule has 1 heteroatoms. The van der Waals surface area contributed by atoms with Crippen LogP contribution in [0.3, 0.4) is 0 Å². The van der Waals surface area contributed by atoms with E-state index in [1.54, 1.807) is 0 Å². The van der Waals surface area contributed by atoms with Crippen molar-refractivity contribution in [2.45, 2.75) is 24.7 Å². The normalized spacial score (nSPS) is 14.0. The molecule has 3 aliphatic carbocycles. The van der Waals surface area contributed by atoms with E-state index in [1.165, 1.54) is 121 Å². The quantitative estimate of drug-likeness (QED) is 0.156. The van der Waals surface area contributed by atoms with Crippen LogP contribution in [-0.2, 0) is 10.8 Å². The van der Waals surface area contributed by atoms with Crippen molar-refractivity contribution in [1.82, 2.24) is 0 Å². The Morgan fingerprint density at radius 2 is 0.718 bits per heavy atom. The SMILES string of the molecule is CC1(C)c2ccccc2-c2ccc(-c3cc4c(cc3N(c3ccc5c6ccccc6c6ccccc6c5c3)c3ccccc3-c3ccccc3)C3(c5ccccc5-c5ccccc53)c3ccccc3-4)cc21. The topological polar surface area (TPSA) is 3.24 Å². The fraction of sp³-hybridized carbons (Fsp3) is 0.0571. The first-order chi connectivity index (χ1) is 35.0. The minimum atomic E-state index is -0.531. The highest BCUT2D eigenvalue weighted by Gasteiger charge is 2.52. The molecule has 1 nitrogen and oxygen atoms in total. The van der Waals surface area contributed by atoms with Crippen molar-refractivity contribution in [3.8, 4) is 55.6 Å². The monoisotopic (exact) mass is 901 g/mol. The summed E-state index contributed by atoms with van der Waals surface area (Å²) in [6, 6.07) is 94.0. The molecule has 15 rings (SSSR count). The van der Waals surface area contributed by atoms with Gasteiger partial charge in [0.2, 0.25) is 0 Å². The second-order valence-corrected chi connectivity index (χ2v) is 20.3. The highest BCUT2D eigenvalue weighted by Crippen LogP contribution is 2.64. The van der Waals surface area contributed by atoms with Crippen LogP contribution in [0.4, 0.5) is 17.1 Å². The summed E-state index contributed by atoms with van der Waals surface area (Å²) in [6.45, 7) is 4.79. The second-order valence-electron chi connectivity index (χ2n) is 20.3. The van der Waals surface area contributed by atoms with Gasteiger partial charge in [-0.1, -0.05) is 226 Å². The van der Waals surface area contributed by atoms with Crippen LogP contribution in [0.5, 0.6) is 0 Å². The summed E-state index contributed by atoms with van der Waals surface area (Å²) in [4.78, 5) is 2.60. The summed E-state index contributed by atoms with van der Waals surface area (Å²) >= 11 is 0. The van der Waals surface area contributed by atoms with Crippen LogP contribution in [0.15, 0.2) is 249 Å². The summed E-state index contributed by atoms with van der Waals surface area (Å²) in [5.41, 5.74) is 23.3. The summed E-state index contributed by atoms with van der Waals surface area (Å²) < 4.78 is 0. The Balaban J connectivity index is 1.09. The van der Waals surface area contributed by atoms with Gasteiger partial charge in [-0.05, 0) is 147 Å². The van der Waals surface area contributed by atoms with Crippen LogP contribution in [-0.4, -0.2) is 0 Å². The number of benzene rings is 12. The number of rotatable bonds is 5. The zero-order valence-electron chi connectivity index (χ0n) is 39.6. The zero-order chi connectivity index (χ0) is 47.0. The fourth-order valence-corrected chi connectivity index (χ4v) is 13.4. The average molecular weight is 902 g/mol. The van der Waals surface area contributed by atoms with Crippen LogP contribution in [0.1, 0.15) is 47.2 Å². The summed E-state index contributed by atoms with van der Waals surface area (Å²) in [5.74, 6) is 0. The van der Waals surface area contributed by atoms with E-state index in [1.807, 2.05) is 0 Å². The second kappa shape index (κ2) is 14.9. The Bertz CT molecular complexity index is 4130. The smallest absolute Gasteiger partial charge is 0.0726 e. The Morgan fingerprint density at radius 1 is 0.254 bits per heavy atom. The lowest BCUT2D eigenvalue weighted by Crippen LogP contribution is -2.26. The van der Waals surface area contributed by atoms with E-state index in [0.29, 0.717) is 0 Å². The third-order valence-corrected chi connectivity index (χ3v) is 16.5. The van der Waals surface area contributed by atoms with Crippen LogP contribution >= 0.6 is 0 Å². The van der Waals surface area contributed by atoms with Gasteiger partial charge in [0.1, 0.15) is 0 Å². The first-order valence-corrected chi connectivity index (χ1v) is 25.0. The van der Waals surface area contributed by atoms with E-state index in [2.05, 4.69) is 267 Å². The molecular formula is C70H47N. The lowest BCUT2D eigenvalue weighted by molar-refractivity contribution is 0.660. The maximum atomic E-state index is 2.60. The molecule has 0 heterocycles. The van der Waals surface area contributed by atoms with Crippen molar-refractivity contribution < 1.29 is 0 Å². The molecule has 0 N–H and O–H groups in total. The lowest BCUT2D eigenvalue weighted by atomic mass is 9.70. The van der Waals surface area contributed by atoms with E-state index in [-0.39, 0.29) is 5.41 Å². The van der Waals surface area contributed by atoms with Gasteiger partial charge >= 0.3 is 0 Å². The van der Waals surface area contributed by atoms with Crippen molar-refractivity contribution in [1.29, 1.82) is 0 Å². The van der Waals surface area contributed by atoms with Gasteiger partial charge in [-0.25, -0.2) is 0 Å². The predicted octanol–water partition coefficient (Wildman–Crippen LogP) is 18.6. The summed E-state index contributed by atoms with van der Waals surface area (Å²) in [7, 11) is 0. The molecule has 71 heavy (non-hydrogen) atoms. The highest BCUT2D eigenvalue weighted by atomic mass is 15.1. The molecule has 0 aliphatic heterocycles. The molecular weight excluding hydrogens is 855 g/mol. The molecule has 0 saturated carbocycles. The standard InChI is InChI=1S/C70H47N/c1-69(2)61-31-15-10-27-53(61)57-38-36-45(40-65(57)69)58-42-60-56-30-13-18-34-64(56)70(62-32-16-11-28-54(62)55-29-12-17-33-63(55)70)66(60)43-68(58)71(67-35-19-14-22-47(67)44-20-4-3-5-21-44)46-37-39-52-50-25-7-6-23-48(50)49-24-8-9-26-51(49)59(52)41-46/h3-43H,1-2H3. The van der Waals surface area contributed by atoms with Crippen molar-refractivity contribution in [2.24, 2.45) is 0 Å². The van der Waals surface area contributed by atoms with E-state index in [0.717, 1.165) is 17.1 Å². The Labute approximate surface area is 414 Å². The number of para-hydroxylation sites is 1. The van der Waals surface area contributed by atoms with E-state index >= 15 is 0 Å². The lowest BCUT2D eigenvalue weighted by Gasteiger charge is -2.34. The Hall–Kier alpha value is -8.78. The number of hydrogen-bond donors (Lipinski definition) is 0. The van der Waals surface area contributed by atoms with Crippen molar-refractivity contribution >= 4 is 49.4 Å². The van der Waals surface area contributed by atoms with Gasteiger partial charge in [-0.15, -0.1) is 0 Å². The molecule has 0 bridgehead atoms.